The Morgan fingerprint density at radius 2 is 1.75 bits per heavy atom. The SMILES string of the molecule is COc1ccc(-c2nc(C3(O)CCN(C)CC3)sc2-c2ccnc(NC(C)c3ccccc3)n2)cc1. The highest BCUT2D eigenvalue weighted by Gasteiger charge is 2.37. The zero-order chi connectivity index (χ0) is 25.1. The van der Waals surface area contributed by atoms with Crippen LogP contribution >= 0.6 is 11.3 Å². The van der Waals surface area contributed by atoms with Crippen LogP contribution in [0, 0.1) is 0 Å². The second-order valence-electron chi connectivity index (χ2n) is 9.30. The molecule has 7 nitrogen and oxygen atoms in total. The number of aromatic nitrogens is 3. The third-order valence-electron chi connectivity index (χ3n) is 6.74. The smallest absolute Gasteiger partial charge is 0.223 e. The molecule has 36 heavy (non-hydrogen) atoms. The number of nitrogens with one attached hydrogen (secondary N) is 1. The summed E-state index contributed by atoms with van der Waals surface area (Å²) in [6.45, 7) is 3.76. The van der Waals surface area contributed by atoms with Crippen LogP contribution < -0.4 is 10.1 Å². The van der Waals surface area contributed by atoms with E-state index >= 15 is 0 Å². The number of benzene rings is 2. The lowest BCUT2D eigenvalue weighted by Gasteiger charge is -2.34. The van der Waals surface area contributed by atoms with E-state index < -0.39 is 5.60 Å². The fourth-order valence-corrected chi connectivity index (χ4v) is 5.62. The molecule has 0 spiro atoms. The average molecular weight is 502 g/mol. The van der Waals surface area contributed by atoms with Gasteiger partial charge < -0.3 is 20.1 Å². The molecule has 5 rings (SSSR count). The molecule has 0 saturated carbocycles. The van der Waals surface area contributed by atoms with Crippen LogP contribution in [0.4, 0.5) is 5.95 Å². The van der Waals surface area contributed by atoms with E-state index in [1.807, 2.05) is 48.5 Å². The lowest BCUT2D eigenvalue weighted by molar-refractivity contribution is -0.0203. The molecular formula is C28H31N5O2S. The summed E-state index contributed by atoms with van der Waals surface area (Å²) in [5, 5.41) is 15.7. The second kappa shape index (κ2) is 10.3. The van der Waals surface area contributed by atoms with Gasteiger partial charge >= 0.3 is 0 Å². The number of aliphatic hydroxyl groups is 1. The van der Waals surface area contributed by atoms with Crippen LogP contribution in [0.2, 0.25) is 0 Å². The minimum absolute atomic E-state index is 0.0551. The Kier molecular flexibility index (Phi) is 7.00. The number of anilines is 1. The van der Waals surface area contributed by atoms with Crippen LogP contribution in [0.15, 0.2) is 66.9 Å². The zero-order valence-corrected chi connectivity index (χ0v) is 21.6. The highest BCUT2D eigenvalue weighted by Crippen LogP contribution is 2.43. The van der Waals surface area contributed by atoms with Gasteiger partial charge in [0.25, 0.3) is 0 Å². The number of hydrogen-bond acceptors (Lipinski definition) is 8. The van der Waals surface area contributed by atoms with Crippen LogP contribution in [0.5, 0.6) is 5.75 Å². The summed E-state index contributed by atoms with van der Waals surface area (Å²) in [5.41, 5.74) is 2.77. The maximum absolute atomic E-state index is 11.5. The predicted molar refractivity (Wildman–Crippen MR) is 144 cm³/mol. The Bertz CT molecular complexity index is 1300. The Hall–Kier alpha value is -3.33. The van der Waals surface area contributed by atoms with Crippen LogP contribution in [0.1, 0.15) is 36.4 Å². The Labute approximate surface area is 215 Å². The molecular weight excluding hydrogens is 470 g/mol. The maximum atomic E-state index is 11.5. The standard InChI is InChI=1S/C28H31N5O2S/c1-19(20-7-5-4-6-8-20)30-27-29-16-13-23(31-27)25-24(21-9-11-22(35-3)12-10-21)32-26(36-25)28(34)14-17-33(2)18-15-28/h4-13,16,19,34H,14-15,17-18H2,1-3H3,(H,29,30,31). The summed E-state index contributed by atoms with van der Waals surface area (Å²) in [6, 6.07) is 20.0. The van der Waals surface area contributed by atoms with Crippen molar-refractivity contribution >= 4 is 17.3 Å². The average Bonchev–Trinajstić information content (AvgIpc) is 3.38. The van der Waals surface area contributed by atoms with E-state index in [1.165, 1.54) is 11.3 Å². The lowest BCUT2D eigenvalue weighted by atomic mass is 9.92. The highest BCUT2D eigenvalue weighted by atomic mass is 32.1. The van der Waals surface area contributed by atoms with Gasteiger partial charge in [0, 0.05) is 24.8 Å². The van der Waals surface area contributed by atoms with E-state index in [-0.39, 0.29) is 6.04 Å². The molecule has 1 atom stereocenters. The van der Waals surface area contributed by atoms with Gasteiger partial charge in [-0.2, -0.15) is 0 Å². The van der Waals surface area contributed by atoms with E-state index in [9.17, 15) is 5.11 Å². The second-order valence-corrected chi connectivity index (χ2v) is 10.3. The summed E-state index contributed by atoms with van der Waals surface area (Å²) in [4.78, 5) is 17.5. The number of thiazole rings is 1. The summed E-state index contributed by atoms with van der Waals surface area (Å²) < 4.78 is 5.34. The number of ether oxygens (including phenoxy) is 1. The number of methoxy groups -OCH3 is 1. The van der Waals surface area contributed by atoms with Crippen LogP contribution in [-0.4, -0.2) is 52.2 Å². The first kappa shape index (κ1) is 24.4. The summed E-state index contributed by atoms with van der Waals surface area (Å²) in [7, 11) is 3.74. The molecule has 186 valence electrons. The van der Waals surface area contributed by atoms with E-state index in [4.69, 9.17) is 14.7 Å². The number of likely N-dealkylation sites (tertiary alicyclic amines) is 1. The zero-order valence-electron chi connectivity index (χ0n) is 20.8. The van der Waals surface area contributed by atoms with E-state index in [2.05, 4.69) is 41.3 Å². The molecule has 1 aliphatic heterocycles. The fraction of sp³-hybridized carbons (Fsp3) is 0.321. The van der Waals surface area contributed by atoms with Crippen molar-refractivity contribution < 1.29 is 9.84 Å². The van der Waals surface area contributed by atoms with Crippen molar-refractivity contribution in [3.8, 4) is 27.6 Å². The quantitative estimate of drug-likeness (QED) is 0.353. The third-order valence-corrected chi connectivity index (χ3v) is 8.01. The van der Waals surface area contributed by atoms with Crippen molar-refractivity contribution in [1.82, 2.24) is 19.9 Å². The van der Waals surface area contributed by atoms with Crippen molar-refractivity contribution in [1.29, 1.82) is 0 Å². The van der Waals surface area contributed by atoms with E-state index in [1.54, 1.807) is 13.3 Å². The molecule has 2 N–H and O–H groups in total. The van der Waals surface area contributed by atoms with Crippen molar-refractivity contribution in [3.05, 3.63) is 77.4 Å². The lowest BCUT2D eigenvalue weighted by Crippen LogP contribution is -2.40. The minimum atomic E-state index is -0.938. The Morgan fingerprint density at radius 1 is 1.03 bits per heavy atom. The van der Waals surface area contributed by atoms with Crippen molar-refractivity contribution in [2.75, 3.05) is 32.6 Å². The Morgan fingerprint density at radius 3 is 2.44 bits per heavy atom. The number of nitrogens with zero attached hydrogens (tertiary/aromatic N) is 4. The number of rotatable bonds is 7. The fourth-order valence-electron chi connectivity index (χ4n) is 4.41. The van der Waals surface area contributed by atoms with Gasteiger partial charge in [0.15, 0.2) is 0 Å². The predicted octanol–water partition coefficient (Wildman–Crippen LogP) is 5.36. The molecule has 1 saturated heterocycles. The molecule has 8 heteroatoms. The monoisotopic (exact) mass is 501 g/mol. The van der Waals surface area contributed by atoms with Crippen LogP contribution in [-0.2, 0) is 5.60 Å². The molecule has 1 fully saturated rings. The highest BCUT2D eigenvalue weighted by molar-refractivity contribution is 7.15. The molecule has 0 bridgehead atoms. The maximum Gasteiger partial charge on any atom is 0.223 e. The first-order chi connectivity index (χ1) is 17.4. The first-order valence-electron chi connectivity index (χ1n) is 12.2. The molecule has 2 aromatic carbocycles. The summed E-state index contributed by atoms with van der Waals surface area (Å²) in [5.74, 6) is 1.34. The number of piperidine rings is 1. The molecule has 3 heterocycles. The van der Waals surface area contributed by atoms with E-state index in [0.29, 0.717) is 18.8 Å². The molecule has 0 radical (unpaired) electrons. The van der Waals surface area contributed by atoms with Crippen LogP contribution in [0.25, 0.3) is 21.8 Å². The molecule has 1 aliphatic rings. The van der Waals surface area contributed by atoms with Crippen molar-refractivity contribution in [2.45, 2.75) is 31.4 Å². The van der Waals surface area contributed by atoms with Gasteiger partial charge in [-0.3, -0.25) is 0 Å². The van der Waals surface area contributed by atoms with Crippen molar-refractivity contribution in [2.24, 2.45) is 0 Å². The summed E-state index contributed by atoms with van der Waals surface area (Å²) >= 11 is 1.52. The van der Waals surface area contributed by atoms with Crippen molar-refractivity contribution in [3.63, 3.8) is 0 Å². The van der Waals surface area contributed by atoms with Gasteiger partial charge in [-0.15, -0.1) is 11.3 Å². The topological polar surface area (TPSA) is 83.4 Å². The van der Waals surface area contributed by atoms with Gasteiger partial charge in [-0.25, -0.2) is 15.0 Å². The van der Waals surface area contributed by atoms with Gasteiger partial charge in [-0.05, 0) is 62.7 Å². The molecule has 2 aromatic heterocycles. The minimum Gasteiger partial charge on any atom is -0.497 e. The molecule has 1 unspecified atom stereocenters. The van der Waals surface area contributed by atoms with Gasteiger partial charge in [-0.1, -0.05) is 30.3 Å². The largest absolute Gasteiger partial charge is 0.497 e. The number of hydrogen-bond donors (Lipinski definition) is 2. The Balaban J connectivity index is 1.52. The van der Waals surface area contributed by atoms with Gasteiger partial charge in [0.1, 0.15) is 16.4 Å². The molecule has 0 amide bonds. The van der Waals surface area contributed by atoms with E-state index in [0.717, 1.165) is 51.2 Å². The molecule has 4 aromatic rings. The van der Waals surface area contributed by atoms with Gasteiger partial charge in [0.2, 0.25) is 5.95 Å². The van der Waals surface area contributed by atoms with Gasteiger partial charge in [0.05, 0.1) is 29.4 Å². The molecule has 0 aliphatic carbocycles. The normalized spacial score (nSPS) is 16.4. The first-order valence-corrected chi connectivity index (χ1v) is 13.0. The third kappa shape index (κ3) is 5.11. The van der Waals surface area contributed by atoms with Crippen LogP contribution in [0.3, 0.4) is 0 Å². The summed E-state index contributed by atoms with van der Waals surface area (Å²) in [6.07, 6.45) is 3.08.